The minimum atomic E-state index is -0.497. The van der Waals surface area contributed by atoms with Crippen LogP contribution in [0, 0.1) is 0 Å². The van der Waals surface area contributed by atoms with Crippen molar-refractivity contribution in [3.8, 4) is 5.75 Å². The van der Waals surface area contributed by atoms with Crippen LogP contribution in [0.25, 0.3) is 0 Å². The Morgan fingerprint density at radius 2 is 1.71 bits per heavy atom. The molecule has 0 aromatic heterocycles. The van der Waals surface area contributed by atoms with Crippen LogP contribution in [0.15, 0.2) is 29.2 Å². The SMILES string of the molecule is CCC(C)(CCOCC(O)CSc1ccc(OC)cc1)OCCC(C)(C)OC. The Hall–Kier alpha value is -0.790. The van der Waals surface area contributed by atoms with E-state index in [0.717, 1.165) is 29.9 Å². The van der Waals surface area contributed by atoms with Gasteiger partial charge in [0, 0.05) is 24.4 Å². The molecule has 1 aromatic rings. The second-order valence-corrected chi connectivity index (χ2v) is 8.92. The maximum atomic E-state index is 10.1. The Balaban J connectivity index is 2.23. The lowest BCUT2D eigenvalue weighted by Crippen LogP contribution is -2.33. The van der Waals surface area contributed by atoms with E-state index in [4.69, 9.17) is 18.9 Å². The topological polar surface area (TPSA) is 57.2 Å². The molecule has 0 fully saturated rings. The lowest BCUT2D eigenvalue weighted by Gasteiger charge is -2.31. The molecule has 28 heavy (non-hydrogen) atoms. The van der Waals surface area contributed by atoms with Crippen LogP contribution in [0.4, 0.5) is 0 Å². The molecule has 0 heterocycles. The Kier molecular flexibility index (Phi) is 11.5. The predicted octanol–water partition coefficient (Wildman–Crippen LogP) is 4.56. The molecule has 0 radical (unpaired) electrons. The molecule has 0 spiro atoms. The van der Waals surface area contributed by atoms with Gasteiger partial charge in [-0.15, -0.1) is 11.8 Å². The molecule has 0 aliphatic rings. The van der Waals surface area contributed by atoms with Gasteiger partial charge in [0.05, 0.1) is 37.6 Å². The molecular weight excluding hydrogens is 376 g/mol. The lowest BCUT2D eigenvalue weighted by molar-refractivity contribution is -0.0831. The molecule has 0 saturated carbocycles. The first kappa shape index (κ1) is 25.2. The Morgan fingerprint density at radius 3 is 2.29 bits per heavy atom. The van der Waals surface area contributed by atoms with Crippen molar-refractivity contribution in [3.05, 3.63) is 24.3 Å². The third-order valence-electron chi connectivity index (χ3n) is 5.04. The molecule has 2 atom stereocenters. The second kappa shape index (κ2) is 12.7. The van der Waals surface area contributed by atoms with Crippen LogP contribution in [0.5, 0.6) is 5.75 Å². The Morgan fingerprint density at radius 1 is 1.04 bits per heavy atom. The predicted molar refractivity (Wildman–Crippen MR) is 116 cm³/mol. The summed E-state index contributed by atoms with van der Waals surface area (Å²) < 4.78 is 22.4. The number of hydrogen-bond acceptors (Lipinski definition) is 6. The average Bonchev–Trinajstić information content (AvgIpc) is 2.70. The van der Waals surface area contributed by atoms with Crippen LogP contribution < -0.4 is 4.74 Å². The fourth-order valence-corrected chi connectivity index (χ4v) is 3.23. The zero-order chi connectivity index (χ0) is 21.0. The number of aliphatic hydroxyl groups is 1. The van der Waals surface area contributed by atoms with Crippen LogP contribution in [0.3, 0.4) is 0 Å². The summed E-state index contributed by atoms with van der Waals surface area (Å²) >= 11 is 1.61. The first-order chi connectivity index (χ1) is 13.2. The minimum absolute atomic E-state index is 0.170. The maximum Gasteiger partial charge on any atom is 0.118 e. The van der Waals surface area contributed by atoms with E-state index in [2.05, 4.69) is 27.7 Å². The number of thioether (sulfide) groups is 1. The molecule has 5 nitrogen and oxygen atoms in total. The number of rotatable bonds is 15. The van der Waals surface area contributed by atoms with Gasteiger partial charge in [0.15, 0.2) is 0 Å². The fourth-order valence-electron chi connectivity index (χ4n) is 2.42. The zero-order valence-corrected chi connectivity index (χ0v) is 19.1. The van der Waals surface area contributed by atoms with E-state index in [9.17, 15) is 5.11 Å². The van der Waals surface area contributed by atoms with Crippen molar-refractivity contribution < 1.29 is 24.1 Å². The third-order valence-corrected chi connectivity index (χ3v) is 6.20. The van der Waals surface area contributed by atoms with E-state index in [-0.39, 0.29) is 11.2 Å². The van der Waals surface area contributed by atoms with Crippen LogP contribution in [0.2, 0.25) is 0 Å². The summed E-state index contributed by atoms with van der Waals surface area (Å²) in [5.74, 6) is 1.43. The van der Waals surface area contributed by atoms with Gasteiger partial charge in [-0.05, 0) is 64.3 Å². The maximum absolute atomic E-state index is 10.1. The van der Waals surface area contributed by atoms with E-state index < -0.39 is 6.10 Å². The summed E-state index contributed by atoms with van der Waals surface area (Å²) in [6, 6.07) is 7.83. The number of benzene rings is 1. The quantitative estimate of drug-likeness (QED) is 0.335. The molecule has 0 aliphatic carbocycles. The van der Waals surface area contributed by atoms with E-state index in [1.807, 2.05) is 24.3 Å². The highest BCUT2D eigenvalue weighted by Gasteiger charge is 2.25. The van der Waals surface area contributed by atoms with Gasteiger partial charge in [-0.2, -0.15) is 0 Å². The summed E-state index contributed by atoms with van der Waals surface area (Å²) in [7, 11) is 3.38. The largest absolute Gasteiger partial charge is 0.497 e. The van der Waals surface area contributed by atoms with Crippen molar-refractivity contribution in [1.82, 2.24) is 0 Å². The van der Waals surface area contributed by atoms with Crippen LogP contribution in [-0.2, 0) is 14.2 Å². The first-order valence-corrected chi connectivity index (χ1v) is 10.9. The van der Waals surface area contributed by atoms with Crippen molar-refractivity contribution in [2.45, 2.75) is 69.2 Å². The fraction of sp³-hybridized carbons (Fsp3) is 0.727. The summed E-state index contributed by atoms with van der Waals surface area (Å²) in [4.78, 5) is 1.10. The molecule has 2 unspecified atom stereocenters. The van der Waals surface area contributed by atoms with Crippen molar-refractivity contribution in [3.63, 3.8) is 0 Å². The van der Waals surface area contributed by atoms with E-state index in [1.54, 1.807) is 26.0 Å². The molecule has 0 saturated heterocycles. The average molecular weight is 415 g/mol. The van der Waals surface area contributed by atoms with Gasteiger partial charge < -0.3 is 24.1 Å². The van der Waals surface area contributed by atoms with Crippen LogP contribution in [-0.4, -0.2) is 62.2 Å². The highest BCUT2D eigenvalue weighted by molar-refractivity contribution is 7.99. The van der Waals surface area contributed by atoms with Crippen molar-refractivity contribution in [2.75, 3.05) is 39.8 Å². The highest BCUT2D eigenvalue weighted by atomic mass is 32.2. The lowest BCUT2D eigenvalue weighted by atomic mass is 9.99. The van der Waals surface area contributed by atoms with Crippen LogP contribution in [0.1, 0.15) is 47.0 Å². The number of methoxy groups -OCH3 is 2. The Bertz CT molecular complexity index is 534. The normalized spacial score (nSPS) is 15.2. The van der Waals surface area contributed by atoms with Gasteiger partial charge in [0.2, 0.25) is 0 Å². The molecule has 1 rings (SSSR count). The number of aliphatic hydroxyl groups excluding tert-OH is 1. The molecule has 1 N–H and O–H groups in total. The second-order valence-electron chi connectivity index (χ2n) is 7.83. The monoisotopic (exact) mass is 414 g/mol. The number of hydrogen-bond donors (Lipinski definition) is 1. The summed E-state index contributed by atoms with van der Waals surface area (Å²) in [5, 5.41) is 10.1. The molecule has 0 aliphatic heterocycles. The summed E-state index contributed by atoms with van der Waals surface area (Å²) in [5.41, 5.74) is -0.385. The summed E-state index contributed by atoms with van der Waals surface area (Å²) in [6.07, 6.45) is 2.07. The molecule has 6 heteroatoms. The summed E-state index contributed by atoms with van der Waals surface area (Å²) in [6.45, 7) is 9.93. The van der Waals surface area contributed by atoms with Crippen molar-refractivity contribution in [2.24, 2.45) is 0 Å². The standard InChI is InChI=1S/C22H38O5S/c1-7-22(4,27-15-12-21(2,3)25-6)13-14-26-16-18(23)17-28-20-10-8-19(24-5)9-11-20/h8-11,18,23H,7,12-17H2,1-6H3. The van der Waals surface area contributed by atoms with Gasteiger partial charge in [0.1, 0.15) is 5.75 Å². The molecule has 0 amide bonds. The van der Waals surface area contributed by atoms with E-state index in [0.29, 0.717) is 25.6 Å². The van der Waals surface area contributed by atoms with Gasteiger partial charge in [-0.3, -0.25) is 0 Å². The molecule has 0 bridgehead atoms. The molecule has 1 aromatic carbocycles. The van der Waals surface area contributed by atoms with E-state index in [1.165, 1.54) is 0 Å². The molecule has 162 valence electrons. The van der Waals surface area contributed by atoms with Gasteiger partial charge in [-0.1, -0.05) is 6.92 Å². The Labute approximate surface area is 175 Å². The minimum Gasteiger partial charge on any atom is -0.497 e. The van der Waals surface area contributed by atoms with Gasteiger partial charge in [-0.25, -0.2) is 0 Å². The van der Waals surface area contributed by atoms with Gasteiger partial charge >= 0.3 is 0 Å². The number of ether oxygens (including phenoxy) is 4. The highest BCUT2D eigenvalue weighted by Crippen LogP contribution is 2.24. The zero-order valence-electron chi connectivity index (χ0n) is 18.3. The van der Waals surface area contributed by atoms with Crippen molar-refractivity contribution >= 4 is 11.8 Å². The van der Waals surface area contributed by atoms with Gasteiger partial charge in [0.25, 0.3) is 0 Å². The first-order valence-electron chi connectivity index (χ1n) is 9.95. The smallest absolute Gasteiger partial charge is 0.118 e. The third kappa shape index (κ3) is 10.1. The van der Waals surface area contributed by atoms with Crippen LogP contribution >= 0.6 is 11.8 Å². The van der Waals surface area contributed by atoms with Crippen molar-refractivity contribution in [1.29, 1.82) is 0 Å². The van der Waals surface area contributed by atoms with E-state index >= 15 is 0 Å². The molecular formula is C22H38O5S.